The molecule has 0 unspecified atom stereocenters. The molecule has 0 radical (unpaired) electrons. The zero-order valence-corrected chi connectivity index (χ0v) is 8.86. The first-order chi connectivity index (χ1) is 6.63. The van der Waals surface area contributed by atoms with Crippen LogP contribution in [0.5, 0.6) is 0 Å². The SMILES string of the molecule is CC(C)CC(=O)n1ccc(CCN)c1. The van der Waals surface area contributed by atoms with Crippen LogP contribution in [-0.4, -0.2) is 17.0 Å². The first-order valence-corrected chi connectivity index (χ1v) is 5.03. The average molecular weight is 194 g/mol. The Hall–Kier alpha value is -1.09. The zero-order valence-electron chi connectivity index (χ0n) is 8.86. The van der Waals surface area contributed by atoms with Crippen molar-refractivity contribution in [2.24, 2.45) is 11.7 Å². The number of hydrogen-bond donors (Lipinski definition) is 1. The van der Waals surface area contributed by atoms with Crippen molar-refractivity contribution in [3.05, 3.63) is 24.0 Å². The summed E-state index contributed by atoms with van der Waals surface area (Å²) in [4.78, 5) is 11.6. The lowest BCUT2D eigenvalue weighted by molar-refractivity contribution is 0.0887. The summed E-state index contributed by atoms with van der Waals surface area (Å²) in [5.41, 5.74) is 6.56. The standard InChI is InChI=1S/C11H18N2O/c1-9(2)7-11(14)13-6-4-10(8-13)3-5-12/h4,6,8-9H,3,5,7,12H2,1-2H3. The highest BCUT2D eigenvalue weighted by Gasteiger charge is 2.07. The Morgan fingerprint density at radius 2 is 2.29 bits per heavy atom. The molecule has 0 atom stereocenters. The van der Waals surface area contributed by atoms with Crippen molar-refractivity contribution in [2.75, 3.05) is 6.54 Å². The summed E-state index contributed by atoms with van der Waals surface area (Å²) in [6.07, 6.45) is 5.12. The molecule has 0 amide bonds. The molecule has 3 nitrogen and oxygen atoms in total. The maximum atomic E-state index is 11.6. The molecule has 0 aliphatic carbocycles. The number of aromatic nitrogens is 1. The molecule has 1 aromatic heterocycles. The van der Waals surface area contributed by atoms with Gasteiger partial charge in [-0.15, -0.1) is 0 Å². The van der Waals surface area contributed by atoms with Crippen LogP contribution in [0.4, 0.5) is 0 Å². The van der Waals surface area contributed by atoms with E-state index in [1.165, 1.54) is 0 Å². The lowest BCUT2D eigenvalue weighted by atomic mass is 10.1. The van der Waals surface area contributed by atoms with Gasteiger partial charge in [-0.2, -0.15) is 0 Å². The molecule has 0 spiro atoms. The average Bonchev–Trinajstić information content (AvgIpc) is 2.52. The van der Waals surface area contributed by atoms with Gasteiger partial charge in [0.15, 0.2) is 0 Å². The molecular weight excluding hydrogens is 176 g/mol. The molecule has 2 N–H and O–H groups in total. The summed E-state index contributed by atoms with van der Waals surface area (Å²) in [6.45, 7) is 4.72. The van der Waals surface area contributed by atoms with E-state index in [2.05, 4.69) is 0 Å². The lowest BCUT2D eigenvalue weighted by Gasteiger charge is -2.03. The quantitative estimate of drug-likeness (QED) is 0.792. The van der Waals surface area contributed by atoms with Crippen molar-refractivity contribution < 1.29 is 4.79 Å². The Kier molecular flexibility index (Phi) is 3.89. The second kappa shape index (κ2) is 4.96. The van der Waals surface area contributed by atoms with Crippen molar-refractivity contribution >= 4 is 5.91 Å². The Balaban J connectivity index is 2.62. The van der Waals surface area contributed by atoms with Crippen LogP contribution in [0, 0.1) is 5.92 Å². The summed E-state index contributed by atoms with van der Waals surface area (Å²) in [5, 5.41) is 0. The van der Waals surface area contributed by atoms with Crippen LogP contribution in [-0.2, 0) is 6.42 Å². The highest BCUT2D eigenvalue weighted by atomic mass is 16.1. The van der Waals surface area contributed by atoms with Gasteiger partial charge in [-0.3, -0.25) is 9.36 Å². The van der Waals surface area contributed by atoms with Crippen molar-refractivity contribution in [3.8, 4) is 0 Å². The highest BCUT2D eigenvalue weighted by molar-refractivity contribution is 5.79. The topological polar surface area (TPSA) is 48.0 Å². The fourth-order valence-corrected chi connectivity index (χ4v) is 1.37. The van der Waals surface area contributed by atoms with Gasteiger partial charge in [0, 0.05) is 18.8 Å². The first-order valence-electron chi connectivity index (χ1n) is 5.03. The molecule has 78 valence electrons. The van der Waals surface area contributed by atoms with Gasteiger partial charge in [-0.1, -0.05) is 13.8 Å². The third kappa shape index (κ3) is 3.00. The van der Waals surface area contributed by atoms with Crippen LogP contribution in [0.3, 0.4) is 0 Å². The minimum Gasteiger partial charge on any atom is -0.330 e. The van der Waals surface area contributed by atoms with E-state index in [0.29, 0.717) is 18.9 Å². The van der Waals surface area contributed by atoms with Crippen LogP contribution < -0.4 is 5.73 Å². The molecule has 0 aliphatic rings. The zero-order chi connectivity index (χ0) is 10.6. The minimum absolute atomic E-state index is 0.156. The molecule has 0 saturated carbocycles. The van der Waals surface area contributed by atoms with Gasteiger partial charge in [-0.05, 0) is 30.5 Å². The van der Waals surface area contributed by atoms with Gasteiger partial charge in [0.1, 0.15) is 0 Å². The summed E-state index contributed by atoms with van der Waals surface area (Å²) in [5.74, 6) is 0.561. The van der Waals surface area contributed by atoms with Gasteiger partial charge in [0.25, 0.3) is 0 Å². The molecule has 0 fully saturated rings. The fraction of sp³-hybridized carbons (Fsp3) is 0.545. The maximum Gasteiger partial charge on any atom is 0.230 e. The second-order valence-corrected chi connectivity index (χ2v) is 3.96. The van der Waals surface area contributed by atoms with Crippen molar-refractivity contribution in [3.63, 3.8) is 0 Å². The molecule has 1 heterocycles. The maximum absolute atomic E-state index is 11.6. The van der Waals surface area contributed by atoms with Gasteiger partial charge >= 0.3 is 0 Å². The van der Waals surface area contributed by atoms with Crippen LogP contribution >= 0.6 is 0 Å². The fourth-order valence-electron chi connectivity index (χ4n) is 1.37. The van der Waals surface area contributed by atoms with Crippen LogP contribution in [0.25, 0.3) is 0 Å². The largest absolute Gasteiger partial charge is 0.330 e. The number of nitrogens with zero attached hydrogens (tertiary/aromatic N) is 1. The molecule has 14 heavy (non-hydrogen) atoms. The Labute approximate surface area is 84.9 Å². The van der Waals surface area contributed by atoms with Gasteiger partial charge in [-0.25, -0.2) is 0 Å². The van der Waals surface area contributed by atoms with Crippen LogP contribution in [0.15, 0.2) is 18.5 Å². The van der Waals surface area contributed by atoms with E-state index < -0.39 is 0 Å². The molecule has 0 bridgehead atoms. The van der Waals surface area contributed by atoms with Crippen LogP contribution in [0.1, 0.15) is 30.6 Å². The Morgan fingerprint density at radius 1 is 1.57 bits per heavy atom. The monoisotopic (exact) mass is 194 g/mol. The Bertz CT molecular complexity index is 302. The third-order valence-electron chi connectivity index (χ3n) is 2.06. The summed E-state index contributed by atoms with van der Waals surface area (Å²) in [7, 11) is 0. The molecule has 0 aliphatic heterocycles. The lowest BCUT2D eigenvalue weighted by Crippen LogP contribution is -2.11. The van der Waals surface area contributed by atoms with E-state index in [-0.39, 0.29) is 5.91 Å². The predicted octanol–water partition coefficient (Wildman–Crippen LogP) is 1.68. The number of carbonyl (C=O) groups excluding carboxylic acids is 1. The van der Waals surface area contributed by atoms with Crippen molar-refractivity contribution in [1.82, 2.24) is 4.57 Å². The van der Waals surface area contributed by atoms with E-state index in [4.69, 9.17) is 5.73 Å². The van der Waals surface area contributed by atoms with Crippen LogP contribution in [0.2, 0.25) is 0 Å². The summed E-state index contributed by atoms with van der Waals surface area (Å²) in [6, 6.07) is 1.95. The van der Waals surface area contributed by atoms with Gasteiger partial charge in [0.2, 0.25) is 5.91 Å². The minimum atomic E-state index is 0.156. The van der Waals surface area contributed by atoms with Crippen molar-refractivity contribution in [1.29, 1.82) is 0 Å². The normalized spacial score (nSPS) is 10.9. The molecule has 0 aromatic carbocycles. The molecule has 1 rings (SSSR count). The number of nitrogens with two attached hydrogens (primary N) is 1. The third-order valence-corrected chi connectivity index (χ3v) is 2.06. The Morgan fingerprint density at radius 3 is 2.86 bits per heavy atom. The van der Waals surface area contributed by atoms with Gasteiger partial charge in [0.05, 0.1) is 0 Å². The first kappa shape index (κ1) is 11.0. The smallest absolute Gasteiger partial charge is 0.230 e. The molecule has 3 heteroatoms. The molecule has 1 aromatic rings. The highest BCUT2D eigenvalue weighted by Crippen LogP contribution is 2.06. The number of carbonyl (C=O) groups is 1. The summed E-state index contributed by atoms with van der Waals surface area (Å²) < 4.78 is 1.66. The second-order valence-electron chi connectivity index (χ2n) is 3.96. The number of hydrogen-bond acceptors (Lipinski definition) is 2. The van der Waals surface area contributed by atoms with E-state index in [1.807, 2.05) is 32.3 Å². The van der Waals surface area contributed by atoms with E-state index >= 15 is 0 Å². The van der Waals surface area contributed by atoms with Gasteiger partial charge < -0.3 is 5.73 Å². The molecule has 0 saturated heterocycles. The van der Waals surface area contributed by atoms with Crippen molar-refractivity contribution in [2.45, 2.75) is 26.7 Å². The number of rotatable bonds is 4. The van der Waals surface area contributed by atoms with E-state index in [9.17, 15) is 4.79 Å². The van der Waals surface area contributed by atoms with E-state index in [1.54, 1.807) is 4.57 Å². The summed E-state index contributed by atoms with van der Waals surface area (Å²) >= 11 is 0. The van der Waals surface area contributed by atoms with E-state index in [0.717, 1.165) is 12.0 Å². The predicted molar refractivity (Wildman–Crippen MR) is 57.3 cm³/mol. The molecular formula is C11H18N2O.